The molecule has 2 amide bonds. The summed E-state index contributed by atoms with van der Waals surface area (Å²) in [4.78, 5) is 24.6. The molecule has 0 saturated heterocycles. The standard InChI is InChI=1S/C17H20N2O3S/c1-12-6-3-4-8-14(12)15(22-2)11-19-17(21)16(20)18-10-13-7-5-9-23-13/h3-9,15H,10-11H2,1-2H3,(H,18,20)(H,19,21). The molecule has 1 heterocycles. The van der Waals surface area contributed by atoms with Crippen LogP contribution in [0.3, 0.4) is 0 Å². The summed E-state index contributed by atoms with van der Waals surface area (Å²) in [5, 5.41) is 7.14. The second kappa shape index (κ2) is 8.45. The Morgan fingerprint density at radius 1 is 1.13 bits per heavy atom. The van der Waals surface area contributed by atoms with Crippen molar-refractivity contribution in [3.05, 3.63) is 57.8 Å². The summed E-state index contributed by atoms with van der Waals surface area (Å²) in [5.74, 6) is -1.30. The number of thiophene rings is 1. The molecule has 0 aliphatic rings. The van der Waals surface area contributed by atoms with E-state index in [-0.39, 0.29) is 12.6 Å². The molecule has 0 fully saturated rings. The van der Waals surface area contributed by atoms with Crippen LogP contribution in [0.25, 0.3) is 0 Å². The number of methoxy groups -OCH3 is 1. The fraction of sp³-hybridized carbons (Fsp3) is 0.294. The minimum absolute atomic E-state index is 0.243. The first-order valence-corrected chi connectivity index (χ1v) is 8.16. The lowest BCUT2D eigenvalue weighted by Crippen LogP contribution is -2.41. The Kier molecular flexibility index (Phi) is 6.31. The molecule has 6 heteroatoms. The molecule has 122 valence electrons. The van der Waals surface area contributed by atoms with Crippen LogP contribution in [0.4, 0.5) is 0 Å². The molecule has 2 rings (SSSR count). The Morgan fingerprint density at radius 2 is 1.87 bits per heavy atom. The second-order valence-corrected chi connectivity index (χ2v) is 6.09. The van der Waals surface area contributed by atoms with E-state index in [2.05, 4.69) is 10.6 Å². The minimum Gasteiger partial charge on any atom is -0.375 e. The van der Waals surface area contributed by atoms with Gasteiger partial charge in [-0.05, 0) is 29.5 Å². The zero-order valence-electron chi connectivity index (χ0n) is 13.2. The van der Waals surface area contributed by atoms with Crippen LogP contribution in [-0.4, -0.2) is 25.5 Å². The maximum atomic E-state index is 11.9. The van der Waals surface area contributed by atoms with Crippen molar-refractivity contribution in [1.29, 1.82) is 0 Å². The lowest BCUT2D eigenvalue weighted by molar-refractivity contribution is -0.139. The number of carbonyl (C=O) groups is 2. The summed E-state index contributed by atoms with van der Waals surface area (Å²) in [6.07, 6.45) is -0.287. The van der Waals surface area contributed by atoms with Gasteiger partial charge in [-0.15, -0.1) is 11.3 Å². The Balaban J connectivity index is 1.84. The van der Waals surface area contributed by atoms with Crippen LogP contribution in [0.5, 0.6) is 0 Å². The number of carbonyl (C=O) groups excluding carboxylic acids is 2. The molecule has 2 aromatic rings. The SMILES string of the molecule is COC(CNC(=O)C(=O)NCc1cccs1)c1ccccc1C. The summed E-state index contributed by atoms with van der Waals surface area (Å²) in [7, 11) is 1.58. The number of hydrogen-bond acceptors (Lipinski definition) is 4. The smallest absolute Gasteiger partial charge is 0.309 e. The Morgan fingerprint density at radius 3 is 2.52 bits per heavy atom. The van der Waals surface area contributed by atoms with Crippen LogP contribution < -0.4 is 10.6 Å². The Hall–Kier alpha value is -2.18. The van der Waals surface area contributed by atoms with E-state index in [1.165, 1.54) is 11.3 Å². The van der Waals surface area contributed by atoms with Gasteiger partial charge in [-0.1, -0.05) is 30.3 Å². The maximum Gasteiger partial charge on any atom is 0.309 e. The van der Waals surface area contributed by atoms with E-state index in [0.29, 0.717) is 6.54 Å². The fourth-order valence-electron chi connectivity index (χ4n) is 2.19. The largest absolute Gasteiger partial charge is 0.375 e. The molecule has 0 bridgehead atoms. The van der Waals surface area contributed by atoms with Crippen molar-refractivity contribution in [2.75, 3.05) is 13.7 Å². The molecular formula is C17H20N2O3S. The number of aryl methyl sites for hydroxylation is 1. The van der Waals surface area contributed by atoms with Gasteiger partial charge in [0.05, 0.1) is 12.6 Å². The van der Waals surface area contributed by atoms with Crippen molar-refractivity contribution in [3.8, 4) is 0 Å². The predicted octanol–water partition coefficient (Wildman–Crippen LogP) is 2.18. The molecule has 1 aromatic heterocycles. The highest BCUT2D eigenvalue weighted by atomic mass is 32.1. The van der Waals surface area contributed by atoms with Crippen molar-refractivity contribution in [3.63, 3.8) is 0 Å². The molecule has 1 aromatic carbocycles. The third-order valence-corrected chi connectivity index (χ3v) is 4.35. The third kappa shape index (κ3) is 4.91. The zero-order valence-corrected chi connectivity index (χ0v) is 14.0. The van der Waals surface area contributed by atoms with Gasteiger partial charge in [-0.25, -0.2) is 0 Å². The van der Waals surface area contributed by atoms with Crippen LogP contribution in [-0.2, 0) is 20.9 Å². The van der Waals surface area contributed by atoms with Crippen molar-refractivity contribution in [2.45, 2.75) is 19.6 Å². The van der Waals surface area contributed by atoms with Crippen LogP contribution >= 0.6 is 11.3 Å². The van der Waals surface area contributed by atoms with E-state index in [9.17, 15) is 9.59 Å². The Labute approximate surface area is 139 Å². The summed E-state index contributed by atoms with van der Waals surface area (Å²) < 4.78 is 5.42. The normalized spacial score (nSPS) is 11.7. The van der Waals surface area contributed by atoms with E-state index in [4.69, 9.17) is 4.74 Å². The van der Waals surface area contributed by atoms with Gasteiger partial charge in [0.1, 0.15) is 0 Å². The average molecular weight is 332 g/mol. The van der Waals surface area contributed by atoms with Crippen molar-refractivity contribution >= 4 is 23.2 Å². The minimum atomic E-state index is -0.655. The molecule has 0 aliphatic heterocycles. The molecule has 0 radical (unpaired) electrons. The number of nitrogens with one attached hydrogen (secondary N) is 2. The predicted molar refractivity (Wildman–Crippen MR) is 90.1 cm³/mol. The molecule has 2 N–H and O–H groups in total. The van der Waals surface area contributed by atoms with E-state index >= 15 is 0 Å². The number of rotatable bonds is 6. The van der Waals surface area contributed by atoms with Crippen LogP contribution in [0.1, 0.15) is 22.1 Å². The monoisotopic (exact) mass is 332 g/mol. The van der Waals surface area contributed by atoms with Crippen LogP contribution in [0, 0.1) is 6.92 Å². The van der Waals surface area contributed by atoms with Gasteiger partial charge >= 0.3 is 11.8 Å². The number of hydrogen-bond donors (Lipinski definition) is 2. The first-order valence-electron chi connectivity index (χ1n) is 7.28. The molecular weight excluding hydrogens is 312 g/mol. The van der Waals surface area contributed by atoms with Crippen molar-refractivity contribution in [1.82, 2.24) is 10.6 Å². The highest BCUT2D eigenvalue weighted by Gasteiger charge is 2.17. The molecule has 0 aliphatic carbocycles. The van der Waals surface area contributed by atoms with Crippen LogP contribution in [0.15, 0.2) is 41.8 Å². The first kappa shape index (κ1) is 17.2. The van der Waals surface area contributed by atoms with E-state index in [1.54, 1.807) is 7.11 Å². The lowest BCUT2D eigenvalue weighted by atomic mass is 10.0. The van der Waals surface area contributed by atoms with Gasteiger partial charge in [0.15, 0.2) is 0 Å². The van der Waals surface area contributed by atoms with Gasteiger partial charge in [0, 0.05) is 18.5 Å². The van der Waals surface area contributed by atoms with Gasteiger partial charge in [-0.2, -0.15) is 0 Å². The summed E-state index contributed by atoms with van der Waals surface area (Å²) >= 11 is 1.53. The average Bonchev–Trinajstić information content (AvgIpc) is 3.07. The van der Waals surface area contributed by atoms with Gasteiger partial charge in [0.2, 0.25) is 0 Å². The van der Waals surface area contributed by atoms with Gasteiger partial charge < -0.3 is 15.4 Å². The van der Waals surface area contributed by atoms with Crippen molar-refractivity contribution < 1.29 is 14.3 Å². The van der Waals surface area contributed by atoms with Crippen LogP contribution in [0.2, 0.25) is 0 Å². The molecule has 0 saturated carbocycles. The molecule has 0 spiro atoms. The summed E-state index contributed by atoms with van der Waals surface area (Å²) in [6.45, 7) is 2.58. The fourth-order valence-corrected chi connectivity index (χ4v) is 2.84. The molecule has 1 atom stereocenters. The van der Waals surface area contributed by atoms with Crippen molar-refractivity contribution in [2.24, 2.45) is 0 Å². The maximum absolute atomic E-state index is 11.9. The highest BCUT2D eigenvalue weighted by molar-refractivity contribution is 7.09. The Bertz CT molecular complexity index is 656. The van der Waals surface area contributed by atoms with Gasteiger partial charge in [-0.3, -0.25) is 9.59 Å². The molecule has 23 heavy (non-hydrogen) atoms. The van der Waals surface area contributed by atoms with E-state index < -0.39 is 11.8 Å². The van der Waals surface area contributed by atoms with E-state index in [1.807, 2.05) is 48.7 Å². The highest BCUT2D eigenvalue weighted by Crippen LogP contribution is 2.19. The zero-order chi connectivity index (χ0) is 16.7. The van der Waals surface area contributed by atoms with E-state index in [0.717, 1.165) is 16.0 Å². The quantitative estimate of drug-likeness (QED) is 0.797. The molecule has 5 nitrogen and oxygen atoms in total. The molecule has 1 unspecified atom stereocenters. The number of benzene rings is 1. The summed E-state index contributed by atoms with van der Waals surface area (Å²) in [5.41, 5.74) is 2.07. The first-order chi connectivity index (χ1) is 11.1. The lowest BCUT2D eigenvalue weighted by Gasteiger charge is -2.18. The number of amides is 2. The number of ether oxygens (including phenoxy) is 1. The third-order valence-electron chi connectivity index (χ3n) is 3.48. The topological polar surface area (TPSA) is 67.4 Å². The summed E-state index contributed by atoms with van der Waals surface area (Å²) in [6, 6.07) is 11.6. The second-order valence-electron chi connectivity index (χ2n) is 5.05. The van der Waals surface area contributed by atoms with Gasteiger partial charge in [0.25, 0.3) is 0 Å².